The van der Waals surface area contributed by atoms with Gasteiger partial charge in [-0.3, -0.25) is 4.79 Å². The van der Waals surface area contributed by atoms with Gasteiger partial charge in [-0.2, -0.15) is 0 Å². The number of amides is 1. The largest absolute Gasteiger partial charge is 0.358 e. The van der Waals surface area contributed by atoms with Gasteiger partial charge in [-0.25, -0.2) is 4.98 Å². The number of hydrogen-bond acceptors (Lipinski definition) is 2. The molecule has 5 nitrogen and oxygen atoms in total. The summed E-state index contributed by atoms with van der Waals surface area (Å²) in [5.74, 6) is 0.901. The van der Waals surface area contributed by atoms with E-state index >= 15 is 0 Å². The molecule has 0 fully saturated rings. The van der Waals surface area contributed by atoms with E-state index in [-0.39, 0.29) is 17.9 Å². The molecule has 2 aromatic heterocycles. The van der Waals surface area contributed by atoms with E-state index in [0.717, 1.165) is 33.5 Å². The molecule has 0 aliphatic rings. The van der Waals surface area contributed by atoms with Crippen LogP contribution in [-0.2, 0) is 0 Å². The van der Waals surface area contributed by atoms with E-state index in [9.17, 15) is 4.79 Å². The van der Waals surface area contributed by atoms with Crippen LogP contribution >= 0.6 is 0 Å². The number of carbonyl (C=O) groups excluding carboxylic acids is 1. The summed E-state index contributed by atoms with van der Waals surface area (Å²) >= 11 is 0. The fourth-order valence-electron chi connectivity index (χ4n) is 3.50. The van der Waals surface area contributed by atoms with Crippen molar-refractivity contribution in [1.82, 2.24) is 20.3 Å². The Morgan fingerprint density at radius 2 is 1.81 bits per heavy atom. The number of nitrogens with zero attached hydrogens (tertiary/aromatic N) is 1. The number of imidazole rings is 1. The van der Waals surface area contributed by atoms with Gasteiger partial charge in [0, 0.05) is 22.2 Å². The Hall–Kier alpha value is -3.08. The second kappa shape index (κ2) is 6.58. The second-order valence-electron chi connectivity index (χ2n) is 7.47. The number of aromatic nitrogens is 3. The van der Waals surface area contributed by atoms with Crippen molar-refractivity contribution in [3.63, 3.8) is 0 Å². The maximum Gasteiger partial charge on any atom is 0.251 e. The van der Waals surface area contributed by atoms with E-state index < -0.39 is 0 Å². The summed E-state index contributed by atoms with van der Waals surface area (Å²) in [6.45, 7) is 8.29. The van der Waals surface area contributed by atoms with Crippen LogP contribution in [-0.4, -0.2) is 20.9 Å². The van der Waals surface area contributed by atoms with Gasteiger partial charge in [0.25, 0.3) is 5.91 Å². The molecular formula is C22H24N4O. The minimum atomic E-state index is -0.186. The van der Waals surface area contributed by atoms with Gasteiger partial charge in [-0.15, -0.1) is 0 Å². The lowest BCUT2D eigenvalue weighted by molar-refractivity contribution is 0.0923. The molecule has 4 aromatic rings. The van der Waals surface area contributed by atoms with E-state index in [1.807, 2.05) is 49.4 Å². The Morgan fingerprint density at radius 3 is 2.56 bits per heavy atom. The topological polar surface area (TPSA) is 73.6 Å². The van der Waals surface area contributed by atoms with Gasteiger partial charge >= 0.3 is 0 Å². The molecule has 0 bridgehead atoms. The van der Waals surface area contributed by atoms with Crippen LogP contribution in [0.2, 0.25) is 0 Å². The molecule has 0 aliphatic heterocycles. The monoisotopic (exact) mass is 360 g/mol. The van der Waals surface area contributed by atoms with Crippen molar-refractivity contribution in [2.24, 2.45) is 5.92 Å². The Kier molecular flexibility index (Phi) is 4.22. The number of H-pyrrole nitrogens is 2. The SMILES string of the molecule is Cc1[nH]c2ccc(C(=O)N[C@H](c3nc4ccccc4[nH]3)C(C)C)cc2c1C. The van der Waals surface area contributed by atoms with Crippen LogP contribution in [0.3, 0.4) is 0 Å². The highest BCUT2D eigenvalue weighted by Gasteiger charge is 2.22. The molecule has 0 radical (unpaired) electrons. The fraction of sp³-hybridized carbons (Fsp3) is 0.273. The van der Waals surface area contributed by atoms with Crippen molar-refractivity contribution in [3.05, 3.63) is 65.1 Å². The molecule has 1 atom stereocenters. The highest BCUT2D eigenvalue weighted by molar-refractivity contribution is 5.99. The molecule has 2 heterocycles. The highest BCUT2D eigenvalue weighted by atomic mass is 16.1. The van der Waals surface area contributed by atoms with E-state index in [2.05, 4.69) is 41.0 Å². The molecule has 0 unspecified atom stereocenters. The Bertz CT molecular complexity index is 1100. The third-order valence-corrected chi connectivity index (χ3v) is 5.23. The van der Waals surface area contributed by atoms with E-state index in [1.165, 1.54) is 5.56 Å². The fourth-order valence-corrected chi connectivity index (χ4v) is 3.50. The van der Waals surface area contributed by atoms with Gasteiger partial charge in [-0.1, -0.05) is 26.0 Å². The smallest absolute Gasteiger partial charge is 0.251 e. The molecule has 0 aliphatic carbocycles. The van der Waals surface area contributed by atoms with Crippen LogP contribution in [0.15, 0.2) is 42.5 Å². The highest BCUT2D eigenvalue weighted by Crippen LogP contribution is 2.25. The predicted molar refractivity (Wildman–Crippen MR) is 109 cm³/mol. The maximum atomic E-state index is 12.9. The number of aromatic amines is 2. The Morgan fingerprint density at radius 1 is 1.04 bits per heavy atom. The van der Waals surface area contributed by atoms with Gasteiger partial charge in [0.15, 0.2) is 0 Å². The van der Waals surface area contributed by atoms with Crippen molar-refractivity contribution in [3.8, 4) is 0 Å². The molecule has 27 heavy (non-hydrogen) atoms. The number of fused-ring (bicyclic) bond motifs is 2. The summed E-state index contributed by atoms with van der Waals surface area (Å²) in [6.07, 6.45) is 0. The van der Waals surface area contributed by atoms with E-state index in [1.54, 1.807) is 0 Å². The number of benzene rings is 2. The molecule has 4 rings (SSSR count). The van der Waals surface area contributed by atoms with Gasteiger partial charge < -0.3 is 15.3 Å². The van der Waals surface area contributed by atoms with Gasteiger partial charge in [0.2, 0.25) is 0 Å². The van der Waals surface area contributed by atoms with Gasteiger partial charge in [0.05, 0.1) is 17.1 Å². The third-order valence-electron chi connectivity index (χ3n) is 5.23. The second-order valence-corrected chi connectivity index (χ2v) is 7.47. The maximum absolute atomic E-state index is 12.9. The van der Waals surface area contributed by atoms with Crippen LogP contribution in [0.5, 0.6) is 0 Å². The van der Waals surface area contributed by atoms with Crippen LogP contribution < -0.4 is 5.32 Å². The number of hydrogen-bond donors (Lipinski definition) is 3. The lowest BCUT2D eigenvalue weighted by Crippen LogP contribution is -2.32. The summed E-state index contributed by atoms with van der Waals surface area (Å²) in [6, 6.07) is 13.5. The predicted octanol–water partition coefficient (Wildman–Crippen LogP) is 4.79. The van der Waals surface area contributed by atoms with Crippen molar-refractivity contribution in [2.75, 3.05) is 0 Å². The van der Waals surface area contributed by atoms with Gasteiger partial charge in [-0.05, 0) is 55.7 Å². The van der Waals surface area contributed by atoms with Crippen molar-refractivity contribution in [1.29, 1.82) is 0 Å². The first-order chi connectivity index (χ1) is 12.9. The lowest BCUT2D eigenvalue weighted by Gasteiger charge is -2.20. The van der Waals surface area contributed by atoms with Crippen molar-refractivity contribution in [2.45, 2.75) is 33.7 Å². The summed E-state index contributed by atoms with van der Waals surface area (Å²) in [7, 11) is 0. The van der Waals surface area contributed by atoms with Crippen molar-refractivity contribution >= 4 is 27.8 Å². The molecule has 3 N–H and O–H groups in total. The first-order valence-electron chi connectivity index (χ1n) is 9.28. The van der Waals surface area contributed by atoms with E-state index in [4.69, 9.17) is 0 Å². The van der Waals surface area contributed by atoms with Crippen molar-refractivity contribution < 1.29 is 4.79 Å². The first-order valence-corrected chi connectivity index (χ1v) is 9.28. The molecule has 0 saturated heterocycles. The standard InChI is InChI=1S/C22H24N4O/c1-12(2)20(21-24-18-7-5-6-8-19(18)25-21)26-22(27)15-9-10-17-16(11-15)13(3)14(4)23-17/h5-12,20,23H,1-4H3,(H,24,25)(H,26,27)/t20-/m0/s1. The van der Waals surface area contributed by atoms with Crippen LogP contribution in [0.25, 0.3) is 21.9 Å². The average Bonchev–Trinajstić information content (AvgIpc) is 3.20. The minimum Gasteiger partial charge on any atom is -0.358 e. The van der Waals surface area contributed by atoms with E-state index in [0.29, 0.717) is 5.56 Å². The van der Waals surface area contributed by atoms with Crippen LogP contribution in [0.1, 0.15) is 47.3 Å². The zero-order chi connectivity index (χ0) is 19.1. The summed E-state index contributed by atoms with van der Waals surface area (Å²) in [5.41, 5.74) is 5.91. The first kappa shape index (κ1) is 17.3. The number of carbonyl (C=O) groups is 1. The number of para-hydroxylation sites is 2. The lowest BCUT2D eigenvalue weighted by atomic mass is 10.0. The van der Waals surface area contributed by atoms with Crippen LogP contribution in [0.4, 0.5) is 0 Å². The zero-order valence-electron chi connectivity index (χ0n) is 16.1. The summed E-state index contributed by atoms with van der Waals surface area (Å²) in [4.78, 5) is 24.3. The molecular weight excluding hydrogens is 336 g/mol. The number of aryl methyl sites for hydroxylation is 2. The number of nitrogens with one attached hydrogen (secondary N) is 3. The molecule has 0 spiro atoms. The normalized spacial score (nSPS) is 12.8. The van der Waals surface area contributed by atoms with Gasteiger partial charge in [0.1, 0.15) is 5.82 Å². The molecule has 1 amide bonds. The summed E-state index contributed by atoms with van der Waals surface area (Å²) in [5, 5.41) is 4.25. The minimum absolute atomic E-state index is 0.0886. The van der Waals surface area contributed by atoms with Crippen LogP contribution in [0, 0.1) is 19.8 Å². The third kappa shape index (κ3) is 3.10. The average molecular weight is 360 g/mol. The number of rotatable bonds is 4. The molecule has 138 valence electrons. The quantitative estimate of drug-likeness (QED) is 0.489. The Balaban J connectivity index is 1.65. The molecule has 2 aromatic carbocycles. The zero-order valence-corrected chi connectivity index (χ0v) is 16.1. The summed E-state index contributed by atoms with van der Waals surface area (Å²) < 4.78 is 0. The molecule has 0 saturated carbocycles. The Labute approximate surface area is 158 Å². The molecule has 5 heteroatoms.